The number of ether oxygens (including phenoxy) is 6. The number of carbonyl (C=O) groups excluding carboxylic acids is 1. The molecule has 7 aliphatic rings. The Morgan fingerprint density at radius 1 is 0.646 bits per heavy atom. The van der Waals surface area contributed by atoms with E-state index in [1.807, 2.05) is 20.8 Å². The van der Waals surface area contributed by atoms with E-state index >= 15 is 0 Å². The molecule has 13 N–H and O–H groups in total. The fraction of sp³-hybridized carbons (Fsp3) is 0.978. The molecular weight excluding hydrogens is 860 g/mol. The molecule has 3 aliphatic heterocycles. The van der Waals surface area contributed by atoms with Crippen molar-refractivity contribution in [3.8, 4) is 0 Å². The van der Waals surface area contributed by atoms with E-state index in [4.69, 9.17) is 28.4 Å². The molecule has 20 nitrogen and oxygen atoms in total. The van der Waals surface area contributed by atoms with Gasteiger partial charge >= 0.3 is 0 Å². The first-order chi connectivity index (χ1) is 30.6. The van der Waals surface area contributed by atoms with E-state index < -0.39 is 153 Å². The van der Waals surface area contributed by atoms with Gasteiger partial charge in [-0.05, 0) is 91.3 Å². The summed E-state index contributed by atoms with van der Waals surface area (Å²) in [5.41, 5.74) is -0.839. The summed E-state index contributed by atoms with van der Waals surface area (Å²) < 4.78 is 35.6. The monoisotopic (exact) mass is 936 g/mol. The topological polar surface area (TPSA) is 335 Å². The minimum atomic E-state index is -1.73. The van der Waals surface area contributed by atoms with Gasteiger partial charge in [0.15, 0.2) is 18.9 Å². The smallest absolute Gasteiger partial charge is 0.186 e. The van der Waals surface area contributed by atoms with E-state index in [0.717, 1.165) is 12.8 Å². The highest BCUT2D eigenvalue weighted by molar-refractivity contribution is 5.83. The summed E-state index contributed by atoms with van der Waals surface area (Å²) in [6.07, 6.45) is -22.1. The molecular formula is C45H76O20. The van der Waals surface area contributed by atoms with Crippen molar-refractivity contribution >= 4 is 5.78 Å². The second-order valence-electron chi connectivity index (χ2n) is 21.4. The Morgan fingerprint density at radius 2 is 1.17 bits per heavy atom. The van der Waals surface area contributed by atoms with Crippen molar-refractivity contribution in [3.05, 3.63) is 0 Å². The van der Waals surface area contributed by atoms with Crippen molar-refractivity contribution in [3.63, 3.8) is 0 Å². The molecule has 0 amide bonds. The predicted octanol–water partition coefficient (Wildman–Crippen LogP) is -2.97. The van der Waals surface area contributed by atoms with Crippen LogP contribution in [-0.2, 0) is 33.2 Å². The quantitative estimate of drug-likeness (QED) is 0.0774. The van der Waals surface area contributed by atoms with Gasteiger partial charge in [0.25, 0.3) is 0 Å². The van der Waals surface area contributed by atoms with Crippen molar-refractivity contribution in [2.24, 2.45) is 52.3 Å². The van der Waals surface area contributed by atoms with Gasteiger partial charge in [-0.15, -0.1) is 0 Å². The highest BCUT2D eigenvalue weighted by atomic mass is 16.7. The maximum atomic E-state index is 14.5. The van der Waals surface area contributed by atoms with Crippen LogP contribution in [0.5, 0.6) is 0 Å². The SMILES string of the molecule is CC(C)[C@H](O)[C@H](O)C[C@H](C)[C@H]1[C@@H](O[C@@H]2O[C@H](CO)[C@@H](O)[C@H](O)[C@H]2O)C[C@H]2[C@@H]3CC(=O)[C@H]4C[C@@H](O[C@@H]5O[C@H](CO[C@@H]6O[C@H](CO)[C@@H](O)[C@H](O)[C@H]6O)[C@@H](O)[C@H](O)[C@H]5O)CC[C@]4(C)[C@H]3CC[C@]12C. The number of aliphatic hydroxyl groups is 13. The van der Waals surface area contributed by atoms with Crippen LogP contribution in [0.2, 0.25) is 0 Å². The molecule has 0 aromatic rings. The number of hydrogen-bond donors (Lipinski definition) is 13. The van der Waals surface area contributed by atoms with Crippen LogP contribution >= 0.6 is 0 Å². The van der Waals surface area contributed by atoms with E-state index in [1.165, 1.54) is 0 Å². The zero-order chi connectivity index (χ0) is 47.6. The van der Waals surface area contributed by atoms with Crippen molar-refractivity contribution in [2.45, 2.75) is 203 Å². The molecule has 7 fully saturated rings. The molecule has 27 atom stereocenters. The molecule has 0 aromatic heterocycles. The Morgan fingerprint density at radius 3 is 1.75 bits per heavy atom. The minimum Gasteiger partial charge on any atom is -0.394 e. The summed E-state index contributed by atoms with van der Waals surface area (Å²) in [5.74, 6) is -0.923. The van der Waals surface area contributed by atoms with Crippen LogP contribution in [0.25, 0.3) is 0 Å². The minimum absolute atomic E-state index is 0.0349. The van der Waals surface area contributed by atoms with E-state index in [-0.39, 0.29) is 54.1 Å². The molecule has 0 bridgehead atoms. The zero-order valence-corrected chi connectivity index (χ0v) is 38.0. The standard InChI is InChI=1S/C45H76O20/c1-17(2)31(50)25(49)10-18(3)30-26(62-43-40(59)36(55)33(52)28(15-47)64-43)13-22-20-12-24(48)23-11-19(6-8-44(23,4)21(20)7-9-45(22,30)5)61-42-39(58)37(56)34(53)29(65-42)16-60-41-38(57)35(54)32(51)27(14-46)63-41/h17-23,25-43,46-47,49-59H,6-16H2,1-5H3/t18-,19-,20+,21-,22-,23+,25+,26-,27+,28+,29+,30-,31-,32+,33+,34+,35-,36-,37-,38+,39+,40+,41+,42+,43+,44+,45-/m0/s1. The third-order valence-electron chi connectivity index (χ3n) is 17.2. The summed E-state index contributed by atoms with van der Waals surface area (Å²) in [7, 11) is 0. The first kappa shape index (κ1) is 51.8. The molecule has 4 saturated carbocycles. The molecule has 4 aliphatic carbocycles. The lowest BCUT2D eigenvalue weighted by Gasteiger charge is -2.60. The molecule has 376 valence electrons. The highest BCUT2D eigenvalue weighted by Crippen LogP contribution is 2.68. The Bertz CT molecular complexity index is 1590. The largest absolute Gasteiger partial charge is 0.394 e. The number of aliphatic hydroxyl groups excluding tert-OH is 13. The van der Waals surface area contributed by atoms with Crippen LogP contribution in [0.15, 0.2) is 0 Å². The molecule has 0 aromatic carbocycles. The summed E-state index contributed by atoms with van der Waals surface area (Å²) >= 11 is 0. The molecule has 3 saturated heterocycles. The maximum Gasteiger partial charge on any atom is 0.186 e. The van der Waals surface area contributed by atoms with Gasteiger partial charge < -0.3 is 94.8 Å². The van der Waals surface area contributed by atoms with Gasteiger partial charge in [-0.3, -0.25) is 4.79 Å². The number of carbonyl (C=O) groups is 1. The van der Waals surface area contributed by atoms with E-state index in [0.29, 0.717) is 25.7 Å². The molecule has 0 radical (unpaired) electrons. The maximum absolute atomic E-state index is 14.5. The molecule has 7 rings (SSSR count). The molecule has 65 heavy (non-hydrogen) atoms. The Labute approximate surface area is 379 Å². The van der Waals surface area contributed by atoms with Crippen LogP contribution in [0, 0.1) is 52.3 Å². The van der Waals surface area contributed by atoms with E-state index in [9.17, 15) is 71.2 Å². The summed E-state index contributed by atoms with van der Waals surface area (Å²) in [6, 6.07) is 0. The lowest BCUT2D eigenvalue weighted by molar-refractivity contribution is -0.337. The van der Waals surface area contributed by atoms with Gasteiger partial charge in [0, 0.05) is 12.3 Å². The average Bonchev–Trinajstić information content (AvgIpc) is 3.57. The second kappa shape index (κ2) is 20.3. The van der Waals surface area contributed by atoms with E-state index in [2.05, 4.69) is 13.8 Å². The van der Waals surface area contributed by atoms with Crippen LogP contribution in [-0.4, -0.2) is 209 Å². The molecule has 3 heterocycles. The van der Waals surface area contributed by atoms with Gasteiger partial charge in [0.1, 0.15) is 79.0 Å². The number of hydrogen-bond acceptors (Lipinski definition) is 20. The van der Waals surface area contributed by atoms with Gasteiger partial charge in [-0.25, -0.2) is 0 Å². The number of Topliss-reactive ketones (excluding diaryl/α,β-unsaturated/α-hetero) is 1. The first-order valence-electron chi connectivity index (χ1n) is 23.7. The number of rotatable bonds is 14. The number of fused-ring (bicyclic) bond motifs is 5. The summed E-state index contributed by atoms with van der Waals surface area (Å²) in [6.45, 7) is 8.23. The molecule has 0 unspecified atom stereocenters. The van der Waals surface area contributed by atoms with Crippen molar-refractivity contribution in [1.82, 2.24) is 0 Å². The predicted molar refractivity (Wildman–Crippen MR) is 222 cm³/mol. The summed E-state index contributed by atoms with van der Waals surface area (Å²) in [5, 5.41) is 137. The van der Waals surface area contributed by atoms with Crippen molar-refractivity contribution < 1.29 is 99.6 Å². The van der Waals surface area contributed by atoms with Gasteiger partial charge in [0.05, 0.1) is 44.2 Å². The van der Waals surface area contributed by atoms with Gasteiger partial charge in [-0.2, -0.15) is 0 Å². The number of ketones is 1. The van der Waals surface area contributed by atoms with Crippen molar-refractivity contribution in [2.75, 3.05) is 19.8 Å². The fourth-order valence-electron chi connectivity index (χ4n) is 13.5. The lowest BCUT2D eigenvalue weighted by atomic mass is 9.44. The fourth-order valence-corrected chi connectivity index (χ4v) is 13.5. The Balaban J connectivity index is 1.05. The van der Waals surface area contributed by atoms with Crippen LogP contribution in [0.1, 0.15) is 86.0 Å². The zero-order valence-electron chi connectivity index (χ0n) is 38.0. The average molecular weight is 937 g/mol. The first-order valence-corrected chi connectivity index (χ1v) is 23.7. The Kier molecular flexibility index (Phi) is 16.2. The third-order valence-corrected chi connectivity index (χ3v) is 17.2. The van der Waals surface area contributed by atoms with Crippen LogP contribution in [0.3, 0.4) is 0 Å². The summed E-state index contributed by atoms with van der Waals surface area (Å²) in [4.78, 5) is 14.5. The van der Waals surface area contributed by atoms with Crippen molar-refractivity contribution in [1.29, 1.82) is 0 Å². The van der Waals surface area contributed by atoms with Gasteiger partial charge in [0.2, 0.25) is 0 Å². The Hall–Kier alpha value is -1.09. The highest BCUT2D eigenvalue weighted by Gasteiger charge is 2.66. The van der Waals surface area contributed by atoms with Crippen LogP contribution in [0.4, 0.5) is 0 Å². The second-order valence-corrected chi connectivity index (χ2v) is 21.4. The molecule has 0 spiro atoms. The van der Waals surface area contributed by atoms with Gasteiger partial charge in [-0.1, -0.05) is 34.6 Å². The lowest BCUT2D eigenvalue weighted by Crippen LogP contribution is -2.62. The van der Waals surface area contributed by atoms with Crippen LogP contribution < -0.4 is 0 Å². The normalized spacial score (nSPS) is 51.8. The molecule has 20 heteroatoms. The third kappa shape index (κ3) is 9.60. The van der Waals surface area contributed by atoms with E-state index in [1.54, 1.807) is 0 Å².